The Labute approximate surface area is 148 Å². The molecule has 0 spiro atoms. The van der Waals surface area contributed by atoms with E-state index in [1.54, 1.807) is 6.20 Å². The Morgan fingerprint density at radius 3 is 2.72 bits per heavy atom. The Hall–Kier alpha value is -2.46. The van der Waals surface area contributed by atoms with Crippen LogP contribution in [0.2, 0.25) is 0 Å². The first-order valence-corrected chi connectivity index (χ1v) is 8.73. The molecule has 1 atom stereocenters. The Morgan fingerprint density at radius 1 is 1.24 bits per heavy atom. The average molecular weight is 335 g/mol. The van der Waals surface area contributed by atoms with Crippen LogP contribution in [0.3, 0.4) is 0 Å². The lowest BCUT2D eigenvalue weighted by molar-refractivity contribution is 0.229. The number of benzene rings is 1. The molecule has 3 rings (SSSR count). The summed E-state index contributed by atoms with van der Waals surface area (Å²) in [6, 6.07) is 10.5. The second-order valence-corrected chi connectivity index (χ2v) is 6.80. The quantitative estimate of drug-likeness (QED) is 0.763. The molecule has 0 fully saturated rings. The number of aromatic nitrogens is 2. The van der Waals surface area contributed by atoms with Gasteiger partial charge in [-0.2, -0.15) is 0 Å². The van der Waals surface area contributed by atoms with Crippen LogP contribution >= 0.6 is 0 Å². The standard InChI is InChI=1S/C21H25N3O/c1-5-19(16-7-6-8-22-12-16)24(4)13-18-11-17-10-14(2)9-15(3)20(17)23-21(18)25/h6-12,19H,5,13H2,1-4H3,(H,23,25)/t19-/m0/s1. The van der Waals surface area contributed by atoms with Gasteiger partial charge in [0.1, 0.15) is 0 Å². The number of pyridine rings is 2. The molecule has 0 saturated heterocycles. The van der Waals surface area contributed by atoms with E-state index in [1.165, 1.54) is 11.1 Å². The van der Waals surface area contributed by atoms with E-state index in [2.05, 4.69) is 54.0 Å². The summed E-state index contributed by atoms with van der Waals surface area (Å²) in [6.07, 6.45) is 4.66. The predicted octanol–water partition coefficient (Wildman–Crippen LogP) is 4.12. The van der Waals surface area contributed by atoms with Gasteiger partial charge in [-0.05, 0) is 62.0 Å². The first kappa shape index (κ1) is 17.4. The van der Waals surface area contributed by atoms with Crippen molar-refractivity contribution in [2.45, 2.75) is 39.8 Å². The minimum atomic E-state index is -0.00709. The summed E-state index contributed by atoms with van der Waals surface area (Å²) < 4.78 is 0. The lowest BCUT2D eigenvalue weighted by atomic mass is 10.0. The van der Waals surface area contributed by atoms with Gasteiger partial charge >= 0.3 is 0 Å². The van der Waals surface area contributed by atoms with Gasteiger partial charge in [0.05, 0.1) is 5.52 Å². The first-order valence-electron chi connectivity index (χ1n) is 8.73. The third-order valence-corrected chi connectivity index (χ3v) is 4.78. The zero-order chi connectivity index (χ0) is 18.0. The van der Waals surface area contributed by atoms with Crippen LogP contribution < -0.4 is 5.56 Å². The molecule has 0 unspecified atom stereocenters. The normalized spacial score (nSPS) is 12.7. The molecule has 0 aliphatic rings. The summed E-state index contributed by atoms with van der Waals surface area (Å²) in [4.78, 5) is 22.1. The maximum Gasteiger partial charge on any atom is 0.252 e. The van der Waals surface area contributed by atoms with Crippen LogP contribution in [-0.2, 0) is 6.54 Å². The summed E-state index contributed by atoms with van der Waals surface area (Å²) >= 11 is 0. The van der Waals surface area contributed by atoms with E-state index in [4.69, 9.17) is 0 Å². The molecule has 3 aromatic rings. The fraction of sp³-hybridized carbons (Fsp3) is 0.333. The van der Waals surface area contributed by atoms with Gasteiger partial charge < -0.3 is 4.98 Å². The van der Waals surface area contributed by atoms with Gasteiger partial charge in [-0.3, -0.25) is 14.7 Å². The zero-order valence-electron chi connectivity index (χ0n) is 15.3. The molecule has 1 N–H and O–H groups in total. The molecule has 0 bridgehead atoms. The van der Waals surface area contributed by atoms with Crippen LogP contribution in [0.15, 0.2) is 47.5 Å². The molecular formula is C21H25N3O. The fourth-order valence-corrected chi connectivity index (χ4v) is 3.60. The van der Waals surface area contributed by atoms with Crippen LogP contribution in [0.4, 0.5) is 0 Å². The van der Waals surface area contributed by atoms with Gasteiger partial charge in [-0.25, -0.2) is 0 Å². The van der Waals surface area contributed by atoms with Gasteiger partial charge in [-0.1, -0.05) is 24.6 Å². The number of aromatic amines is 1. The second-order valence-electron chi connectivity index (χ2n) is 6.80. The number of hydrogen-bond donors (Lipinski definition) is 1. The van der Waals surface area contributed by atoms with Gasteiger partial charge in [0.2, 0.25) is 0 Å². The number of fused-ring (bicyclic) bond motifs is 1. The van der Waals surface area contributed by atoms with Crippen LogP contribution in [0.1, 0.15) is 41.6 Å². The summed E-state index contributed by atoms with van der Waals surface area (Å²) in [5.41, 5.74) is 5.21. The molecule has 2 aromatic heterocycles. The fourth-order valence-electron chi connectivity index (χ4n) is 3.60. The van der Waals surface area contributed by atoms with E-state index in [0.29, 0.717) is 6.54 Å². The first-order chi connectivity index (χ1) is 12.0. The van der Waals surface area contributed by atoms with Crippen molar-refractivity contribution in [1.29, 1.82) is 0 Å². The maximum atomic E-state index is 12.6. The topological polar surface area (TPSA) is 49.0 Å². The lowest BCUT2D eigenvalue weighted by Gasteiger charge is -2.27. The van der Waals surface area contributed by atoms with Crippen LogP contribution in [0.25, 0.3) is 10.9 Å². The van der Waals surface area contributed by atoms with Crippen LogP contribution in [-0.4, -0.2) is 21.9 Å². The molecule has 0 amide bonds. The van der Waals surface area contributed by atoms with Crippen molar-refractivity contribution in [3.05, 3.63) is 75.3 Å². The highest BCUT2D eigenvalue weighted by Crippen LogP contribution is 2.24. The van der Waals surface area contributed by atoms with Crippen LogP contribution in [0.5, 0.6) is 0 Å². The number of nitrogens with one attached hydrogen (secondary N) is 1. The molecule has 4 nitrogen and oxygen atoms in total. The monoisotopic (exact) mass is 335 g/mol. The Balaban J connectivity index is 1.94. The van der Waals surface area contributed by atoms with E-state index in [1.807, 2.05) is 25.3 Å². The molecule has 25 heavy (non-hydrogen) atoms. The highest BCUT2D eigenvalue weighted by atomic mass is 16.1. The molecule has 0 aliphatic carbocycles. The number of H-pyrrole nitrogens is 1. The van der Waals surface area contributed by atoms with Crippen molar-refractivity contribution < 1.29 is 0 Å². The Kier molecular flexibility index (Phi) is 5.00. The molecule has 0 saturated carbocycles. The van der Waals surface area contributed by atoms with Gasteiger partial charge in [-0.15, -0.1) is 0 Å². The number of rotatable bonds is 5. The summed E-state index contributed by atoms with van der Waals surface area (Å²) in [7, 11) is 2.06. The molecule has 0 aliphatic heterocycles. The minimum Gasteiger partial charge on any atom is -0.321 e. The summed E-state index contributed by atoms with van der Waals surface area (Å²) in [6.45, 7) is 6.88. The van der Waals surface area contributed by atoms with E-state index in [9.17, 15) is 4.79 Å². The average Bonchev–Trinajstić information content (AvgIpc) is 2.58. The third-order valence-electron chi connectivity index (χ3n) is 4.78. The number of aryl methyl sites for hydroxylation is 2. The van der Waals surface area contributed by atoms with E-state index >= 15 is 0 Å². The second kappa shape index (κ2) is 7.19. The highest BCUT2D eigenvalue weighted by molar-refractivity contribution is 5.82. The smallest absolute Gasteiger partial charge is 0.252 e. The van der Waals surface area contributed by atoms with Crippen molar-refractivity contribution in [3.63, 3.8) is 0 Å². The molecule has 1 aromatic carbocycles. The SMILES string of the molecule is CC[C@@H](c1cccnc1)N(C)Cc1cc2cc(C)cc(C)c2[nH]c1=O. The summed E-state index contributed by atoms with van der Waals surface area (Å²) in [5.74, 6) is 0. The van der Waals surface area contributed by atoms with E-state index in [0.717, 1.165) is 28.5 Å². The van der Waals surface area contributed by atoms with Gasteiger partial charge in [0.15, 0.2) is 0 Å². The largest absolute Gasteiger partial charge is 0.321 e. The van der Waals surface area contributed by atoms with E-state index < -0.39 is 0 Å². The molecule has 2 heterocycles. The summed E-state index contributed by atoms with van der Waals surface area (Å²) in [5, 5.41) is 1.09. The van der Waals surface area contributed by atoms with Crippen LogP contribution in [0, 0.1) is 13.8 Å². The van der Waals surface area contributed by atoms with Gasteiger partial charge in [0, 0.05) is 30.5 Å². The third kappa shape index (κ3) is 3.64. The Morgan fingerprint density at radius 2 is 2.04 bits per heavy atom. The van der Waals surface area contributed by atoms with Crippen molar-refractivity contribution in [2.24, 2.45) is 0 Å². The highest BCUT2D eigenvalue weighted by Gasteiger charge is 2.17. The number of nitrogens with zero attached hydrogens (tertiary/aromatic N) is 2. The predicted molar refractivity (Wildman–Crippen MR) is 103 cm³/mol. The molecule has 130 valence electrons. The number of hydrogen-bond acceptors (Lipinski definition) is 3. The van der Waals surface area contributed by atoms with Crippen molar-refractivity contribution in [2.75, 3.05) is 7.05 Å². The van der Waals surface area contributed by atoms with Crippen molar-refractivity contribution >= 4 is 10.9 Å². The molecule has 0 radical (unpaired) electrons. The van der Waals surface area contributed by atoms with Crippen molar-refractivity contribution in [1.82, 2.24) is 14.9 Å². The zero-order valence-corrected chi connectivity index (χ0v) is 15.3. The van der Waals surface area contributed by atoms with E-state index in [-0.39, 0.29) is 11.6 Å². The van der Waals surface area contributed by atoms with Crippen molar-refractivity contribution in [3.8, 4) is 0 Å². The molecule has 4 heteroatoms. The van der Waals surface area contributed by atoms with Gasteiger partial charge in [0.25, 0.3) is 5.56 Å². The molecular weight excluding hydrogens is 310 g/mol. The lowest BCUT2D eigenvalue weighted by Crippen LogP contribution is -2.27. The maximum absolute atomic E-state index is 12.6. The minimum absolute atomic E-state index is 0.00709. The Bertz CT molecular complexity index is 931.